The zero-order chi connectivity index (χ0) is 23.5. The van der Waals surface area contributed by atoms with Crippen LogP contribution in [0.25, 0.3) is 11.3 Å². The van der Waals surface area contributed by atoms with Gasteiger partial charge in [0.05, 0.1) is 28.4 Å². The Balaban J connectivity index is 1.88. The predicted octanol–water partition coefficient (Wildman–Crippen LogP) is 1.81. The number of hydrogen-bond acceptors (Lipinski definition) is 8. The molecule has 0 aliphatic rings. The average Bonchev–Trinajstić information content (AvgIpc) is 2.73. The summed E-state index contributed by atoms with van der Waals surface area (Å²) in [4.78, 5) is 31.5. The number of nitrogen functional groups attached to an aromatic ring is 1. The van der Waals surface area contributed by atoms with Gasteiger partial charge in [-0.3, -0.25) is 9.59 Å². The Hall–Kier alpha value is -4.37. The minimum absolute atomic E-state index is 0.0668. The lowest BCUT2D eigenvalue weighted by molar-refractivity contribution is -0.117. The molecule has 32 heavy (non-hydrogen) atoms. The number of amides is 2. The number of halogens is 1. The van der Waals surface area contributed by atoms with E-state index in [4.69, 9.17) is 5.73 Å². The van der Waals surface area contributed by atoms with E-state index < -0.39 is 27.7 Å². The Labute approximate surface area is 182 Å². The summed E-state index contributed by atoms with van der Waals surface area (Å²) < 4.78 is 39.5. The molecule has 3 rings (SSSR count). The summed E-state index contributed by atoms with van der Waals surface area (Å²) in [7, 11) is -4.02. The van der Waals surface area contributed by atoms with Crippen LogP contribution in [0, 0.1) is 17.1 Å². The minimum Gasteiger partial charge on any atom is -0.382 e. The molecule has 10 nitrogen and oxygen atoms in total. The standard InChI is InChI=1S/C20H15FN6O4S/c1-11(28)27-32(30,31)15-6-4-14(5-7-15)25-20(29)18-19(23)24-10-17(26-18)16-8-13(21)3-2-12(16)9-22/h2-8,10H,1H3,(H2,23,24)(H,25,29)(H,27,28). The number of carbonyl (C=O) groups excluding carboxylic acids is 2. The van der Waals surface area contributed by atoms with Crippen LogP contribution in [0.4, 0.5) is 15.9 Å². The van der Waals surface area contributed by atoms with Gasteiger partial charge in [0.25, 0.3) is 15.9 Å². The third-order valence-corrected chi connectivity index (χ3v) is 5.54. The third-order valence-electron chi connectivity index (χ3n) is 4.09. The Bertz CT molecular complexity index is 1370. The van der Waals surface area contributed by atoms with Crippen LogP contribution >= 0.6 is 0 Å². The molecule has 0 spiro atoms. The van der Waals surface area contributed by atoms with Crippen molar-refractivity contribution in [2.45, 2.75) is 11.8 Å². The van der Waals surface area contributed by atoms with Crippen molar-refractivity contribution in [2.24, 2.45) is 0 Å². The Morgan fingerprint density at radius 3 is 2.47 bits per heavy atom. The summed E-state index contributed by atoms with van der Waals surface area (Å²) in [6.45, 7) is 1.06. The number of sulfonamides is 1. The molecule has 162 valence electrons. The highest BCUT2D eigenvalue weighted by atomic mass is 32.2. The van der Waals surface area contributed by atoms with Gasteiger partial charge >= 0.3 is 0 Å². The molecule has 4 N–H and O–H groups in total. The van der Waals surface area contributed by atoms with Gasteiger partial charge in [-0.05, 0) is 42.5 Å². The maximum absolute atomic E-state index is 13.7. The number of benzene rings is 2. The topological polar surface area (TPSA) is 168 Å². The van der Waals surface area contributed by atoms with Crippen molar-refractivity contribution in [3.8, 4) is 17.3 Å². The summed E-state index contributed by atoms with van der Waals surface area (Å²) in [6, 6.07) is 10.4. The lowest BCUT2D eigenvalue weighted by Crippen LogP contribution is -2.28. The summed E-state index contributed by atoms with van der Waals surface area (Å²) in [5, 5.41) is 11.7. The van der Waals surface area contributed by atoms with Crippen LogP contribution in [0.2, 0.25) is 0 Å². The minimum atomic E-state index is -4.02. The summed E-state index contributed by atoms with van der Waals surface area (Å²) in [6.07, 6.45) is 1.21. The normalized spacial score (nSPS) is 10.8. The summed E-state index contributed by atoms with van der Waals surface area (Å²) >= 11 is 0. The van der Waals surface area contributed by atoms with Crippen LogP contribution in [0.3, 0.4) is 0 Å². The van der Waals surface area contributed by atoms with Crippen molar-refractivity contribution in [1.29, 1.82) is 5.26 Å². The lowest BCUT2D eigenvalue weighted by Gasteiger charge is -2.10. The van der Waals surface area contributed by atoms with Gasteiger partial charge in [-0.15, -0.1) is 0 Å². The first-order valence-corrected chi connectivity index (χ1v) is 10.4. The molecule has 1 heterocycles. The molecule has 0 fully saturated rings. The van der Waals surface area contributed by atoms with Crippen molar-refractivity contribution in [3.63, 3.8) is 0 Å². The highest BCUT2D eigenvalue weighted by Gasteiger charge is 2.18. The van der Waals surface area contributed by atoms with Crippen LogP contribution in [-0.4, -0.2) is 30.2 Å². The van der Waals surface area contributed by atoms with Gasteiger partial charge in [0.2, 0.25) is 5.91 Å². The fourth-order valence-corrected chi connectivity index (χ4v) is 3.67. The van der Waals surface area contributed by atoms with Crippen LogP contribution in [0.1, 0.15) is 23.0 Å². The van der Waals surface area contributed by atoms with E-state index in [1.807, 2.05) is 10.8 Å². The average molecular weight is 454 g/mol. The third kappa shape index (κ3) is 4.85. The molecule has 0 atom stereocenters. The first kappa shape index (κ1) is 22.3. The van der Waals surface area contributed by atoms with Crippen molar-refractivity contribution in [1.82, 2.24) is 14.7 Å². The number of anilines is 2. The van der Waals surface area contributed by atoms with Crippen LogP contribution in [0.15, 0.2) is 53.6 Å². The highest BCUT2D eigenvalue weighted by molar-refractivity contribution is 7.90. The smallest absolute Gasteiger partial charge is 0.278 e. The van der Waals surface area contributed by atoms with Crippen LogP contribution in [-0.2, 0) is 14.8 Å². The predicted molar refractivity (Wildman–Crippen MR) is 112 cm³/mol. The van der Waals surface area contributed by atoms with Gasteiger partial charge in [0.1, 0.15) is 5.82 Å². The number of nitrogens with one attached hydrogen (secondary N) is 2. The monoisotopic (exact) mass is 454 g/mol. The number of aromatic nitrogens is 2. The Kier molecular flexibility index (Phi) is 6.13. The summed E-state index contributed by atoms with van der Waals surface area (Å²) in [5.74, 6) is -2.30. The molecule has 0 aliphatic heterocycles. The van der Waals surface area contributed by atoms with Gasteiger partial charge in [0.15, 0.2) is 11.5 Å². The first-order chi connectivity index (χ1) is 15.1. The zero-order valence-corrected chi connectivity index (χ0v) is 17.3. The zero-order valence-electron chi connectivity index (χ0n) is 16.5. The van der Waals surface area contributed by atoms with Gasteiger partial charge < -0.3 is 11.1 Å². The second kappa shape index (κ2) is 8.78. The summed E-state index contributed by atoms with van der Waals surface area (Å²) in [5.41, 5.74) is 6.04. The lowest BCUT2D eigenvalue weighted by atomic mass is 10.1. The molecule has 12 heteroatoms. The molecular formula is C20H15FN6O4S. The maximum Gasteiger partial charge on any atom is 0.278 e. The molecule has 2 amide bonds. The van der Waals surface area contributed by atoms with E-state index in [-0.39, 0.29) is 38.9 Å². The van der Waals surface area contributed by atoms with E-state index in [1.165, 1.54) is 36.5 Å². The van der Waals surface area contributed by atoms with E-state index in [2.05, 4.69) is 15.3 Å². The molecule has 0 saturated carbocycles. The number of hydrogen-bond donors (Lipinski definition) is 3. The maximum atomic E-state index is 13.7. The molecular weight excluding hydrogens is 439 g/mol. The number of carbonyl (C=O) groups is 2. The van der Waals surface area contributed by atoms with Crippen molar-refractivity contribution in [2.75, 3.05) is 11.1 Å². The van der Waals surface area contributed by atoms with Gasteiger partial charge in [0, 0.05) is 18.2 Å². The molecule has 0 radical (unpaired) electrons. The van der Waals surface area contributed by atoms with Crippen LogP contribution < -0.4 is 15.8 Å². The molecule has 0 aliphatic carbocycles. The molecule has 1 aromatic heterocycles. The Morgan fingerprint density at radius 2 is 1.84 bits per heavy atom. The second-order valence-electron chi connectivity index (χ2n) is 6.43. The first-order valence-electron chi connectivity index (χ1n) is 8.88. The quantitative estimate of drug-likeness (QED) is 0.524. The fraction of sp³-hybridized carbons (Fsp3) is 0.0500. The van der Waals surface area contributed by atoms with E-state index in [1.54, 1.807) is 0 Å². The number of nitrogens with two attached hydrogens (primary N) is 1. The van der Waals surface area contributed by atoms with E-state index in [9.17, 15) is 27.7 Å². The largest absolute Gasteiger partial charge is 0.382 e. The van der Waals surface area contributed by atoms with Crippen LogP contribution in [0.5, 0.6) is 0 Å². The van der Waals surface area contributed by atoms with E-state index in [0.717, 1.165) is 19.1 Å². The number of rotatable bonds is 5. The van der Waals surface area contributed by atoms with Gasteiger partial charge in [-0.1, -0.05) is 0 Å². The number of nitriles is 1. The van der Waals surface area contributed by atoms with E-state index >= 15 is 0 Å². The second-order valence-corrected chi connectivity index (χ2v) is 8.11. The van der Waals surface area contributed by atoms with Gasteiger partial charge in [-0.25, -0.2) is 27.5 Å². The van der Waals surface area contributed by atoms with Crippen molar-refractivity contribution in [3.05, 3.63) is 65.7 Å². The molecule has 2 aromatic carbocycles. The number of nitrogens with zero attached hydrogens (tertiary/aromatic N) is 3. The van der Waals surface area contributed by atoms with Crippen molar-refractivity contribution >= 4 is 33.3 Å². The van der Waals surface area contributed by atoms with Gasteiger partial charge in [-0.2, -0.15) is 5.26 Å². The van der Waals surface area contributed by atoms with E-state index in [0.29, 0.717) is 0 Å². The fourth-order valence-electron chi connectivity index (χ4n) is 2.68. The molecule has 0 unspecified atom stereocenters. The van der Waals surface area contributed by atoms with Crippen molar-refractivity contribution < 1.29 is 22.4 Å². The SMILES string of the molecule is CC(=O)NS(=O)(=O)c1ccc(NC(=O)c2nc(-c3cc(F)ccc3C#N)cnc2N)cc1. The molecule has 0 saturated heterocycles. The molecule has 0 bridgehead atoms. The highest BCUT2D eigenvalue weighted by Crippen LogP contribution is 2.24. The molecule has 3 aromatic rings. The Morgan fingerprint density at radius 1 is 1.16 bits per heavy atom.